The first-order valence-electron chi connectivity index (χ1n) is 7.00. The van der Waals surface area contributed by atoms with Crippen molar-refractivity contribution in [2.24, 2.45) is 0 Å². The number of amides is 1. The molecule has 0 radical (unpaired) electrons. The summed E-state index contributed by atoms with van der Waals surface area (Å²) in [5.41, 5.74) is 2.03. The summed E-state index contributed by atoms with van der Waals surface area (Å²) in [7, 11) is 0. The van der Waals surface area contributed by atoms with Gasteiger partial charge in [-0.3, -0.25) is 9.69 Å². The maximum Gasteiger partial charge on any atom is 0.238 e. The molecule has 0 saturated carbocycles. The number of hydrogen-bond acceptors (Lipinski definition) is 3. The van der Waals surface area contributed by atoms with Crippen LogP contribution in [0.4, 0.5) is 5.69 Å². The van der Waals surface area contributed by atoms with E-state index in [9.17, 15) is 4.79 Å². The molecule has 1 aliphatic rings. The van der Waals surface area contributed by atoms with E-state index in [4.69, 9.17) is 11.6 Å². The molecule has 21 heavy (non-hydrogen) atoms. The number of rotatable bonds is 3. The van der Waals surface area contributed by atoms with E-state index in [0.29, 0.717) is 17.3 Å². The molecular weight excluding hydrogens is 304 g/mol. The largest absolute Gasteiger partial charge is 0.324 e. The lowest BCUT2D eigenvalue weighted by Gasteiger charge is -2.32. The first-order chi connectivity index (χ1) is 10.1. The van der Waals surface area contributed by atoms with Gasteiger partial charge in [-0.25, -0.2) is 0 Å². The molecule has 1 atom stereocenters. The second-order valence-corrected chi connectivity index (χ2v) is 6.63. The third-order valence-corrected chi connectivity index (χ3v) is 5.22. The maximum absolute atomic E-state index is 12.2. The van der Waals surface area contributed by atoms with Crippen LogP contribution in [0.2, 0.25) is 5.02 Å². The van der Waals surface area contributed by atoms with Gasteiger partial charge in [0.15, 0.2) is 0 Å². The summed E-state index contributed by atoms with van der Waals surface area (Å²) in [6.45, 7) is 3.47. The van der Waals surface area contributed by atoms with Gasteiger partial charge in [0.1, 0.15) is 0 Å². The first-order valence-corrected chi connectivity index (χ1v) is 8.25. The van der Waals surface area contributed by atoms with Crippen molar-refractivity contribution in [1.29, 1.82) is 0 Å². The minimum Gasteiger partial charge on any atom is -0.324 e. The lowest BCUT2D eigenvalue weighted by Crippen LogP contribution is -2.39. The Hall–Kier alpha value is -1.36. The molecule has 1 amide bonds. The minimum absolute atomic E-state index is 0.0198. The number of hydrogen-bond donors (Lipinski definition) is 1. The number of benzene rings is 1. The molecule has 0 spiro atoms. The molecular formula is C16H17ClN2OS. The second kappa shape index (κ2) is 6.18. The number of anilines is 1. The van der Waals surface area contributed by atoms with Crippen LogP contribution in [0.5, 0.6) is 0 Å². The third-order valence-electron chi connectivity index (χ3n) is 3.90. The average Bonchev–Trinajstić information content (AvgIpc) is 2.94. The van der Waals surface area contributed by atoms with Crippen molar-refractivity contribution >= 4 is 34.5 Å². The van der Waals surface area contributed by atoms with E-state index >= 15 is 0 Å². The van der Waals surface area contributed by atoms with Crippen molar-refractivity contribution in [3.8, 4) is 0 Å². The molecule has 3 rings (SSSR count). The Morgan fingerprint density at radius 2 is 2.24 bits per heavy atom. The highest BCUT2D eigenvalue weighted by Gasteiger charge is 2.26. The van der Waals surface area contributed by atoms with E-state index < -0.39 is 0 Å². The van der Waals surface area contributed by atoms with Gasteiger partial charge in [-0.2, -0.15) is 0 Å². The number of fused-ring (bicyclic) bond motifs is 1. The van der Waals surface area contributed by atoms with E-state index in [2.05, 4.69) is 28.6 Å². The summed E-state index contributed by atoms with van der Waals surface area (Å²) in [6.07, 6.45) is 1.02. The van der Waals surface area contributed by atoms with Crippen LogP contribution < -0.4 is 5.32 Å². The lowest BCUT2D eigenvalue weighted by atomic mass is 10.0. The smallest absolute Gasteiger partial charge is 0.238 e. The van der Waals surface area contributed by atoms with Gasteiger partial charge >= 0.3 is 0 Å². The number of carbonyl (C=O) groups is 1. The Kier molecular flexibility index (Phi) is 4.29. The third kappa shape index (κ3) is 3.12. The van der Waals surface area contributed by atoms with Gasteiger partial charge in [0, 0.05) is 17.5 Å². The van der Waals surface area contributed by atoms with Gasteiger partial charge in [0.05, 0.1) is 17.3 Å². The number of nitrogens with zero attached hydrogens (tertiary/aromatic N) is 1. The van der Waals surface area contributed by atoms with Crippen LogP contribution in [-0.4, -0.2) is 23.9 Å². The van der Waals surface area contributed by atoms with Gasteiger partial charge in [0.2, 0.25) is 5.91 Å². The summed E-state index contributed by atoms with van der Waals surface area (Å²) < 4.78 is 0. The van der Waals surface area contributed by atoms with Crippen LogP contribution in [-0.2, 0) is 11.2 Å². The van der Waals surface area contributed by atoms with E-state index in [1.54, 1.807) is 6.07 Å². The average molecular weight is 321 g/mol. The highest BCUT2D eigenvalue weighted by molar-refractivity contribution is 7.10. The molecule has 5 heteroatoms. The predicted octanol–water partition coefficient (Wildman–Crippen LogP) is 3.96. The fourth-order valence-corrected chi connectivity index (χ4v) is 3.86. The van der Waals surface area contributed by atoms with Gasteiger partial charge in [-0.15, -0.1) is 11.3 Å². The number of nitrogens with one attached hydrogen (secondary N) is 1. The summed E-state index contributed by atoms with van der Waals surface area (Å²) in [5, 5.41) is 5.59. The van der Waals surface area contributed by atoms with Crippen LogP contribution in [0.15, 0.2) is 35.7 Å². The molecule has 0 aliphatic carbocycles. The lowest BCUT2D eigenvalue weighted by molar-refractivity contribution is -0.117. The van der Waals surface area contributed by atoms with Crippen LogP contribution in [0.3, 0.4) is 0 Å². The van der Waals surface area contributed by atoms with Crippen molar-refractivity contribution in [2.75, 3.05) is 18.4 Å². The summed E-state index contributed by atoms with van der Waals surface area (Å²) >= 11 is 7.88. The first kappa shape index (κ1) is 14.6. The molecule has 110 valence electrons. The van der Waals surface area contributed by atoms with Gasteiger partial charge < -0.3 is 5.32 Å². The number of halogens is 1. The van der Waals surface area contributed by atoms with Gasteiger partial charge in [-0.1, -0.05) is 23.7 Å². The molecule has 2 heterocycles. The van der Waals surface area contributed by atoms with E-state index in [1.165, 1.54) is 10.4 Å². The van der Waals surface area contributed by atoms with E-state index in [1.807, 2.05) is 29.5 Å². The SMILES string of the molecule is C[C@@H]1c2ccsc2CCN1CC(=O)Nc1ccccc1Cl. The molecule has 0 fully saturated rings. The molecule has 1 N–H and O–H groups in total. The minimum atomic E-state index is -0.0198. The van der Waals surface area contributed by atoms with Crippen LogP contribution in [0.25, 0.3) is 0 Å². The quantitative estimate of drug-likeness (QED) is 0.928. The van der Waals surface area contributed by atoms with Crippen LogP contribution >= 0.6 is 22.9 Å². The standard InChI is InChI=1S/C16H17ClN2OS/c1-11-12-7-9-21-15(12)6-8-19(11)10-16(20)18-14-5-3-2-4-13(14)17/h2-5,7,9,11H,6,8,10H2,1H3,(H,18,20)/t11-/m1/s1. The maximum atomic E-state index is 12.2. The van der Waals surface area contributed by atoms with Crippen LogP contribution in [0, 0.1) is 0 Å². The molecule has 1 aromatic carbocycles. The van der Waals surface area contributed by atoms with Crippen molar-refractivity contribution in [1.82, 2.24) is 4.90 Å². The Morgan fingerprint density at radius 3 is 3.05 bits per heavy atom. The molecule has 0 bridgehead atoms. The molecule has 0 unspecified atom stereocenters. The predicted molar refractivity (Wildman–Crippen MR) is 88.1 cm³/mol. The highest BCUT2D eigenvalue weighted by Crippen LogP contribution is 2.32. The van der Waals surface area contributed by atoms with Gasteiger partial charge in [-0.05, 0) is 42.5 Å². The second-order valence-electron chi connectivity index (χ2n) is 5.22. The topological polar surface area (TPSA) is 32.3 Å². The molecule has 3 nitrogen and oxygen atoms in total. The van der Waals surface area contributed by atoms with E-state index in [-0.39, 0.29) is 11.9 Å². The van der Waals surface area contributed by atoms with Crippen molar-refractivity contribution in [2.45, 2.75) is 19.4 Å². The zero-order chi connectivity index (χ0) is 14.8. The number of carbonyl (C=O) groups excluding carboxylic acids is 1. The van der Waals surface area contributed by atoms with Crippen LogP contribution in [0.1, 0.15) is 23.4 Å². The zero-order valence-corrected chi connectivity index (χ0v) is 13.4. The normalized spacial score (nSPS) is 18.3. The van der Waals surface area contributed by atoms with Crippen molar-refractivity contribution in [3.05, 3.63) is 51.2 Å². The fraction of sp³-hybridized carbons (Fsp3) is 0.312. The number of para-hydroxylation sites is 1. The van der Waals surface area contributed by atoms with E-state index in [0.717, 1.165) is 13.0 Å². The zero-order valence-electron chi connectivity index (χ0n) is 11.8. The fourth-order valence-electron chi connectivity index (χ4n) is 2.71. The summed E-state index contributed by atoms with van der Waals surface area (Å²) in [5.74, 6) is -0.0198. The monoisotopic (exact) mass is 320 g/mol. The Morgan fingerprint density at radius 1 is 1.43 bits per heavy atom. The van der Waals surface area contributed by atoms with Crippen molar-refractivity contribution in [3.63, 3.8) is 0 Å². The highest BCUT2D eigenvalue weighted by atomic mass is 35.5. The van der Waals surface area contributed by atoms with Crippen molar-refractivity contribution < 1.29 is 4.79 Å². The Labute approximate surface area is 133 Å². The molecule has 1 aliphatic heterocycles. The van der Waals surface area contributed by atoms with Gasteiger partial charge in [0.25, 0.3) is 0 Å². The molecule has 1 aromatic heterocycles. The number of thiophene rings is 1. The Bertz CT molecular complexity index is 655. The molecule has 2 aromatic rings. The summed E-state index contributed by atoms with van der Waals surface area (Å²) in [6, 6.07) is 9.76. The molecule has 0 saturated heterocycles. The summed E-state index contributed by atoms with van der Waals surface area (Å²) in [4.78, 5) is 15.9. The Balaban J connectivity index is 1.65.